The van der Waals surface area contributed by atoms with E-state index in [2.05, 4.69) is 31.3 Å². The Morgan fingerprint density at radius 1 is 1.33 bits per heavy atom. The number of hydrogen-bond donors (Lipinski definition) is 1. The smallest absolute Gasteiger partial charge is 0.0463 e. The molecule has 1 fully saturated rings. The van der Waals surface area contributed by atoms with Crippen molar-refractivity contribution in [1.29, 1.82) is 0 Å². The zero-order valence-electron chi connectivity index (χ0n) is 12.3. The van der Waals surface area contributed by atoms with Crippen molar-refractivity contribution in [1.82, 2.24) is 5.32 Å². The molecule has 1 heterocycles. The van der Waals surface area contributed by atoms with Crippen molar-refractivity contribution in [3.8, 4) is 0 Å². The van der Waals surface area contributed by atoms with E-state index in [1.54, 1.807) is 7.11 Å². The molecule has 0 spiro atoms. The number of rotatable bonds is 7. The van der Waals surface area contributed by atoms with E-state index < -0.39 is 0 Å². The molecule has 0 aromatic carbocycles. The Balaban J connectivity index is 2.51. The predicted molar refractivity (Wildman–Crippen MR) is 78.6 cm³/mol. The first-order valence-corrected chi connectivity index (χ1v) is 7.46. The SMILES string of the molecule is CC/C=C1\NC(CCCOC)CC\C1=C\CCC. The van der Waals surface area contributed by atoms with Crippen LogP contribution < -0.4 is 5.32 Å². The second kappa shape index (κ2) is 9.21. The Morgan fingerprint density at radius 2 is 2.17 bits per heavy atom. The standard InChI is InChI=1S/C16H29NO/c1-4-6-9-14-11-12-15(10-7-13-18-3)17-16(14)8-5-2/h8-9,15,17H,4-7,10-13H2,1-3H3/b14-9-,16-8-. The fourth-order valence-corrected chi connectivity index (χ4v) is 2.46. The highest BCUT2D eigenvalue weighted by atomic mass is 16.5. The van der Waals surface area contributed by atoms with Crippen molar-refractivity contribution in [3.63, 3.8) is 0 Å². The first kappa shape index (κ1) is 15.3. The lowest BCUT2D eigenvalue weighted by atomic mass is 9.93. The third kappa shape index (κ3) is 5.26. The summed E-state index contributed by atoms with van der Waals surface area (Å²) in [6.07, 6.45) is 13.2. The predicted octanol–water partition coefficient (Wildman–Crippen LogP) is 4.19. The van der Waals surface area contributed by atoms with Gasteiger partial charge in [0, 0.05) is 25.5 Å². The summed E-state index contributed by atoms with van der Waals surface area (Å²) in [4.78, 5) is 0. The van der Waals surface area contributed by atoms with E-state index in [1.807, 2.05) is 0 Å². The molecule has 1 atom stereocenters. The van der Waals surface area contributed by atoms with Crippen molar-refractivity contribution in [2.45, 2.75) is 64.8 Å². The van der Waals surface area contributed by atoms with Crippen LogP contribution in [0.15, 0.2) is 23.4 Å². The lowest BCUT2D eigenvalue weighted by Gasteiger charge is -2.29. The molecule has 0 saturated carbocycles. The number of hydrogen-bond acceptors (Lipinski definition) is 2. The fraction of sp³-hybridized carbons (Fsp3) is 0.750. The second-order valence-corrected chi connectivity index (χ2v) is 5.06. The Labute approximate surface area is 112 Å². The number of ether oxygens (including phenoxy) is 1. The molecule has 1 unspecified atom stereocenters. The van der Waals surface area contributed by atoms with Gasteiger partial charge in [-0.2, -0.15) is 0 Å². The number of piperidine rings is 1. The summed E-state index contributed by atoms with van der Waals surface area (Å²) in [5.74, 6) is 0. The van der Waals surface area contributed by atoms with Crippen molar-refractivity contribution < 1.29 is 4.74 Å². The first-order valence-electron chi connectivity index (χ1n) is 7.46. The lowest BCUT2D eigenvalue weighted by molar-refractivity contribution is 0.188. The Kier molecular flexibility index (Phi) is 7.83. The molecule has 1 aliphatic rings. The lowest BCUT2D eigenvalue weighted by Crippen LogP contribution is -2.33. The fourth-order valence-electron chi connectivity index (χ4n) is 2.46. The van der Waals surface area contributed by atoms with Gasteiger partial charge in [-0.3, -0.25) is 0 Å². The first-order chi connectivity index (χ1) is 8.81. The Bertz CT molecular complexity index is 281. The van der Waals surface area contributed by atoms with Crippen molar-refractivity contribution in [2.75, 3.05) is 13.7 Å². The second-order valence-electron chi connectivity index (χ2n) is 5.06. The Morgan fingerprint density at radius 3 is 2.83 bits per heavy atom. The molecule has 1 rings (SSSR count). The monoisotopic (exact) mass is 251 g/mol. The van der Waals surface area contributed by atoms with Crippen LogP contribution in [0.5, 0.6) is 0 Å². The molecule has 1 saturated heterocycles. The Hall–Kier alpha value is -0.760. The van der Waals surface area contributed by atoms with Crippen LogP contribution in [0.1, 0.15) is 58.8 Å². The molecular formula is C16H29NO. The van der Waals surface area contributed by atoms with Crippen LogP contribution in [-0.2, 0) is 4.74 Å². The van der Waals surface area contributed by atoms with Crippen molar-refractivity contribution >= 4 is 0 Å². The molecule has 1 aliphatic heterocycles. The average molecular weight is 251 g/mol. The summed E-state index contributed by atoms with van der Waals surface area (Å²) >= 11 is 0. The zero-order chi connectivity index (χ0) is 13.2. The largest absolute Gasteiger partial charge is 0.385 e. The quantitative estimate of drug-likeness (QED) is 0.685. The van der Waals surface area contributed by atoms with Gasteiger partial charge in [0.2, 0.25) is 0 Å². The van der Waals surface area contributed by atoms with Crippen LogP contribution in [0, 0.1) is 0 Å². The van der Waals surface area contributed by atoms with Gasteiger partial charge in [0.15, 0.2) is 0 Å². The van der Waals surface area contributed by atoms with Crippen molar-refractivity contribution in [2.24, 2.45) is 0 Å². The van der Waals surface area contributed by atoms with Gasteiger partial charge in [-0.15, -0.1) is 0 Å². The highest BCUT2D eigenvalue weighted by Crippen LogP contribution is 2.25. The number of allylic oxidation sites excluding steroid dienone is 3. The van der Waals surface area contributed by atoms with E-state index in [1.165, 1.54) is 43.4 Å². The third-order valence-electron chi connectivity index (χ3n) is 3.46. The summed E-state index contributed by atoms with van der Waals surface area (Å²) < 4.78 is 5.13. The average Bonchev–Trinajstić information content (AvgIpc) is 2.38. The van der Waals surface area contributed by atoms with Gasteiger partial charge in [0.05, 0.1) is 0 Å². The normalized spacial score (nSPS) is 24.5. The molecule has 18 heavy (non-hydrogen) atoms. The van der Waals surface area contributed by atoms with E-state index in [9.17, 15) is 0 Å². The van der Waals surface area contributed by atoms with Gasteiger partial charge in [0.1, 0.15) is 0 Å². The van der Waals surface area contributed by atoms with Crippen LogP contribution in [0.2, 0.25) is 0 Å². The van der Waals surface area contributed by atoms with Crippen LogP contribution in [0.4, 0.5) is 0 Å². The number of nitrogens with one attached hydrogen (secondary N) is 1. The molecule has 1 N–H and O–H groups in total. The van der Waals surface area contributed by atoms with Crippen molar-refractivity contribution in [3.05, 3.63) is 23.4 Å². The van der Waals surface area contributed by atoms with Gasteiger partial charge in [-0.25, -0.2) is 0 Å². The van der Waals surface area contributed by atoms with Crippen LogP contribution in [0.3, 0.4) is 0 Å². The molecule has 2 nitrogen and oxygen atoms in total. The van der Waals surface area contributed by atoms with Gasteiger partial charge in [0.25, 0.3) is 0 Å². The maximum absolute atomic E-state index is 5.13. The van der Waals surface area contributed by atoms with E-state index in [-0.39, 0.29) is 0 Å². The van der Waals surface area contributed by atoms with Crippen LogP contribution >= 0.6 is 0 Å². The number of methoxy groups -OCH3 is 1. The molecule has 104 valence electrons. The van der Waals surface area contributed by atoms with Gasteiger partial charge in [-0.1, -0.05) is 32.4 Å². The molecule has 0 aliphatic carbocycles. The number of unbranched alkanes of at least 4 members (excludes halogenated alkanes) is 1. The molecule has 2 heteroatoms. The maximum Gasteiger partial charge on any atom is 0.0463 e. The minimum absolute atomic E-state index is 0.636. The third-order valence-corrected chi connectivity index (χ3v) is 3.46. The summed E-state index contributed by atoms with van der Waals surface area (Å²) in [6, 6.07) is 0.636. The van der Waals surface area contributed by atoms with E-state index in [0.29, 0.717) is 6.04 Å². The molecule has 0 amide bonds. The van der Waals surface area contributed by atoms with Gasteiger partial charge in [-0.05, 0) is 44.1 Å². The summed E-state index contributed by atoms with van der Waals surface area (Å²) in [7, 11) is 1.78. The minimum atomic E-state index is 0.636. The van der Waals surface area contributed by atoms with Gasteiger partial charge >= 0.3 is 0 Å². The topological polar surface area (TPSA) is 21.3 Å². The molecule has 0 aromatic rings. The van der Waals surface area contributed by atoms with E-state index in [0.717, 1.165) is 19.4 Å². The van der Waals surface area contributed by atoms with Crippen LogP contribution in [-0.4, -0.2) is 19.8 Å². The summed E-state index contributed by atoms with van der Waals surface area (Å²) in [6.45, 7) is 5.33. The zero-order valence-corrected chi connectivity index (χ0v) is 12.3. The highest BCUT2D eigenvalue weighted by molar-refractivity contribution is 5.32. The van der Waals surface area contributed by atoms with E-state index in [4.69, 9.17) is 4.74 Å². The highest BCUT2D eigenvalue weighted by Gasteiger charge is 2.18. The van der Waals surface area contributed by atoms with Crippen LogP contribution in [0.25, 0.3) is 0 Å². The molecular weight excluding hydrogens is 222 g/mol. The molecule has 0 radical (unpaired) electrons. The minimum Gasteiger partial charge on any atom is -0.385 e. The summed E-state index contributed by atoms with van der Waals surface area (Å²) in [5.41, 5.74) is 2.92. The summed E-state index contributed by atoms with van der Waals surface area (Å²) in [5, 5.41) is 3.71. The molecule has 0 aromatic heterocycles. The molecule has 0 bridgehead atoms. The van der Waals surface area contributed by atoms with Gasteiger partial charge < -0.3 is 10.1 Å². The maximum atomic E-state index is 5.13. The van der Waals surface area contributed by atoms with E-state index >= 15 is 0 Å².